The molecule has 1 unspecified atom stereocenters. The zero-order valence-electron chi connectivity index (χ0n) is 11.4. The highest BCUT2D eigenvalue weighted by molar-refractivity contribution is 7.09. The molecule has 2 rings (SSSR count). The van der Waals surface area contributed by atoms with Gasteiger partial charge in [0.25, 0.3) is 5.91 Å². The summed E-state index contributed by atoms with van der Waals surface area (Å²) in [6, 6.07) is 3.82. The Kier molecular flexibility index (Phi) is 4.32. The smallest absolute Gasteiger partial charge is 0.344 e. The van der Waals surface area contributed by atoms with Crippen molar-refractivity contribution in [3.8, 4) is 0 Å². The molecule has 0 bridgehead atoms. The Labute approximate surface area is 123 Å². The average molecular weight is 314 g/mol. The van der Waals surface area contributed by atoms with Crippen molar-refractivity contribution in [1.82, 2.24) is 10.3 Å². The van der Waals surface area contributed by atoms with Crippen LogP contribution in [0.2, 0.25) is 0 Å². The van der Waals surface area contributed by atoms with Gasteiger partial charge < -0.3 is 5.32 Å². The van der Waals surface area contributed by atoms with Crippen LogP contribution in [0, 0.1) is 6.92 Å². The monoisotopic (exact) mass is 314 g/mol. The molecule has 0 aliphatic carbocycles. The van der Waals surface area contributed by atoms with E-state index in [0.29, 0.717) is 0 Å². The lowest BCUT2D eigenvalue weighted by Gasteiger charge is -2.12. The number of amides is 1. The summed E-state index contributed by atoms with van der Waals surface area (Å²) in [6.07, 6.45) is -4.40. The molecule has 0 radical (unpaired) electrons. The molecular formula is C14H13F3N2OS. The van der Waals surface area contributed by atoms with E-state index in [-0.39, 0.29) is 11.6 Å². The Bertz CT molecular complexity index is 634. The fraction of sp³-hybridized carbons (Fsp3) is 0.286. The molecule has 1 aromatic carbocycles. The van der Waals surface area contributed by atoms with Crippen molar-refractivity contribution in [1.29, 1.82) is 0 Å². The molecule has 21 heavy (non-hydrogen) atoms. The molecule has 1 N–H and O–H groups in total. The summed E-state index contributed by atoms with van der Waals surface area (Å²) >= 11 is 1.47. The van der Waals surface area contributed by atoms with Gasteiger partial charge in [0.15, 0.2) is 0 Å². The van der Waals surface area contributed by atoms with E-state index in [4.69, 9.17) is 0 Å². The fourth-order valence-electron chi connectivity index (χ4n) is 1.74. The first kappa shape index (κ1) is 15.5. The van der Waals surface area contributed by atoms with Crippen LogP contribution in [0.25, 0.3) is 0 Å². The number of carbonyl (C=O) groups is 1. The SMILES string of the molecule is Cc1nc(C(C)NC(=O)c2ccc(C(F)(F)F)cc2)cs1. The molecule has 1 heterocycles. The van der Waals surface area contributed by atoms with E-state index in [0.717, 1.165) is 35.0 Å². The standard InChI is InChI=1S/C14H13F3N2OS/c1-8(12-7-21-9(2)19-12)18-13(20)10-3-5-11(6-4-10)14(15,16)17/h3-8H,1-2H3,(H,18,20). The van der Waals surface area contributed by atoms with E-state index in [1.165, 1.54) is 11.3 Å². The van der Waals surface area contributed by atoms with Gasteiger partial charge in [-0.15, -0.1) is 11.3 Å². The molecule has 1 atom stereocenters. The van der Waals surface area contributed by atoms with Crippen LogP contribution in [-0.2, 0) is 6.18 Å². The topological polar surface area (TPSA) is 42.0 Å². The molecule has 0 aliphatic rings. The summed E-state index contributed by atoms with van der Waals surface area (Å²) in [5, 5.41) is 5.44. The van der Waals surface area contributed by atoms with Crippen LogP contribution in [0.1, 0.15) is 39.6 Å². The number of alkyl halides is 3. The van der Waals surface area contributed by atoms with Gasteiger partial charge in [0, 0.05) is 10.9 Å². The zero-order valence-corrected chi connectivity index (χ0v) is 12.2. The third-order valence-electron chi connectivity index (χ3n) is 2.90. The first-order valence-electron chi connectivity index (χ1n) is 6.17. The van der Waals surface area contributed by atoms with Gasteiger partial charge in [0.05, 0.1) is 22.3 Å². The quantitative estimate of drug-likeness (QED) is 0.931. The summed E-state index contributed by atoms with van der Waals surface area (Å²) in [6.45, 7) is 3.63. The Morgan fingerprint density at radius 2 is 1.90 bits per heavy atom. The molecular weight excluding hydrogens is 301 g/mol. The van der Waals surface area contributed by atoms with Crippen LogP contribution in [0.3, 0.4) is 0 Å². The number of aromatic nitrogens is 1. The van der Waals surface area contributed by atoms with Crippen LogP contribution in [0.5, 0.6) is 0 Å². The number of hydrogen-bond acceptors (Lipinski definition) is 3. The van der Waals surface area contributed by atoms with E-state index in [1.807, 2.05) is 12.3 Å². The predicted molar refractivity (Wildman–Crippen MR) is 74.2 cm³/mol. The van der Waals surface area contributed by atoms with Crippen LogP contribution in [-0.4, -0.2) is 10.9 Å². The third-order valence-corrected chi connectivity index (χ3v) is 3.69. The summed E-state index contributed by atoms with van der Waals surface area (Å²) in [5.41, 5.74) is 0.141. The van der Waals surface area contributed by atoms with E-state index >= 15 is 0 Å². The molecule has 1 aromatic heterocycles. The van der Waals surface area contributed by atoms with Gasteiger partial charge in [-0.25, -0.2) is 4.98 Å². The highest BCUT2D eigenvalue weighted by Crippen LogP contribution is 2.29. The van der Waals surface area contributed by atoms with Gasteiger partial charge in [0.1, 0.15) is 0 Å². The van der Waals surface area contributed by atoms with Crippen LogP contribution in [0.15, 0.2) is 29.6 Å². The van der Waals surface area contributed by atoms with Crippen LogP contribution >= 0.6 is 11.3 Å². The first-order valence-corrected chi connectivity index (χ1v) is 7.05. The Morgan fingerprint density at radius 3 is 2.38 bits per heavy atom. The summed E-state index contributed by atoms with van der Waals surface area (Å²) in [7, 11) is 0. The molecule has 2 aromatic rings. The Morgan fingerprint density at radius 1 is 1.29 bits per heavy atom. The number of nitrogens with zero attached hydrogens (tertiary/aromatic N) is 1. The highest BCUT2D eigenvalue weighted by atomic mass is 32.1. The maximum atomic E-state index is 12.4. The molecule has 0 fully saturated rings. The van der Waals surface area contributed by atoms with Gasteiger partial charge in [-0.2, -0.15) is 13.2 Å². The molecule has 0 spiro atoms. The van der Waals surface area contributed by atoms with Gasteiger partial charge in [-0.05, 0) is 38.1 Å². The van der Waals surface area contributed by atoms with Gasteiger partial charge >= 0.3 is 6.18 Å². The van der Waals surface area contributed by atoms with Crippen LogP contribution in [0.4, 0.5) is 13.2 Å². The van der Waals surface area contributed by atoms with Crippen molar-refractivity contribution in [2.75, 3.05) is 0 Å². The van der Waals surface area contributed by atoms with Crippen LogP contribution < -0.4 is 5.32 Å². The minimum absolute atomic E-state index is 0.182. The summed E-state index contributed by atoms with van der Waals surface area (Å²) in [4.78, 5) is 16.2. The summed E-state index contributed by atoms with van der Waals surface area (Å²) in [5.74, 6) is -0.429. The van der Waals surface area contributed by atoms with Crippen molar-refractivity contribution in [3.63, 3.8) is 0 Å². The van der Waals surface area contributed by atoms with Crippen molar-refractivity contribution >= 4 is 17.2 Å². The van der Waals surface area contributed by atoms with E-state index < -0.39 is 17.6 Å². The Balaban J connectivity index is 2.06. The van der Waals surface area contributed by atoms with Crippen molar-refractivity contribution in [2.24, 2.45) is 0 Å². The van der Waals surface area contributed by atoms with Crippen molar-refractivity contribution < 1.29 is 18.0 Å². The molecule has 1 amide bonds. The molecule has 3 nitrogen and oxygen atoms in total. The van der Waals surface area contributed by atoms with E-state index in [2.05, 4.69) is 10.3 Å². The maximum Gasteiger partial charge on any atom is 0.416 e. The Hall–Kier alpha value is -1.89. The molecule has 7 heteroatoms. The van der Waals surface area contributed by atoms with Crippen molar-refractivity contribution in [2.45, 2.75) is 26.1 Å². The number of carbonyl (C=O) groups excluding carboxylic acids is 1. The lowest BCUT2D eigenvalue weighted by Crippen LogP contribution is -2.26. The molecule has 112 valence electrons. The number of nitrogens with one attached hydrogen (secondary N) is 1. The normalized spacial score (nSPS) is 13.0. The van der Waals surface area contributed by atoms with Crippen molar-refractivity contribution in [3.05, 3.63) is 51.5 Å². The summed E-state index contributed by atoms with van der Waals surface area (Å²) < 4.78 is 37.3. The average Bonchev–Trinajstić information content (AvgIpc) is 2.84. The minimum atomic E-state index is -4.40. The third kappa shape index (κ3) is 3.81. The van der Waals surface area contributed by atoms with Gasteiger partial charge in [-0.3, -0.25) is 4.79 Å². The number of halogens is 3. The van der Waals surface area contributed by atoms with Gasteiger partial charge in [-0.1, -0.05) is 0 Å². The lowest BCUT2D eigenvalue weighted by atomic mass is 10.1. The first-order chi connectivity index (χ1) is 9.77. The lowest BCUT2D eigenvalue weighted by molar-refractivity contribution is -0.137. The van der Waals surface area contributed by atoms with Gasteiger partial charge in [0.2, 0.25) is 0 Å². The maximum absolute atomic E-state index is 12.4. The number of hydrogen-bond donors (Lipinski definition) is 1. The second-order valence-corrected chi connectivity index (χ2v) is 5.62. The van der Waals surface area contributed by atoms with E-state index in [1.54, 1.807) is 6.92 Å². The highest BCUT2D eigenvalue weighted by Gasteiger charge is 2.30. The number of aryl methyl sites for hydroxylation is 1. The largest absolute Gasteiger partial charge is 0.416 e. The van der Waals surface area contributed by atoms with E-state index in [9.17, 15) is 18.0 Å². The second kappa shape index (κ2) is 5.85. The number of rotatable bonds is 3. The fourth-order valence-corrected chi connectivity index (χ4v) is 2.45. The number of thiazole rings is 1. The molecule has 0 saturated heterocycles. The molecule has 0 aliphatic heterocycles. The predicted octanol–water partition coefficient (Wildman–Crippen LogP) is 3.96. The molecule has 0 saturated carbocycles. The number of benzene rings is 1. The second-order valence-electron chi connectivity index (χ2n) is 4.56. The zero-order chi connectivity index (χ0) is 15.6. The minimum Gasteiger partial charge on any atom is -0.344 e.